The standard InChI is InChI=1S/C25H26N2O5/c1-17(2)32-25(29)16-22(21-9-5-6-10-23(21)27(30)31)26-24(28)14-12-18-11-13-19-7-3-4-8-20(19)15-18/h3-11,13,15,17,22H,12,14,16H2,1-2H3,(H,26,28). The van der Waals surface area contributed by atoms with E-state index < -0.39 is 16.9 Å². The van der Waals surface area contributed by atoms with Gasteiger partial charge in [-0.05, 0) is 36.6 Å². The van der Waals surface area contributed by atoms with Crippen molar-refractivity contribution in [1.29, 1.82) is 0 Å². The van der Waals surface area contributed by atoms with Crippen molar-refractivity contribution in [2.24, 2.45) is 0 Å². The maximum atomic E-state index is 12.7. The highest BCUT2D eigenvalue weighted by Gasteiger charge is 2.26. The van der Waals surface area contributed by atoms with Crippen LogP contribution in [0.2, 0.25) is 0 Å². The molecule has 0 saturated carbocycles. The maximum Gasteiger partial charge on any atom is 0.308 e. The van der Waals surface area contributed by atoms with E-state index in [1.165, 1.54) is 6.07 Å². The average Bonchev–Trinajstić information content (AvgIpc) is 2.76. The number of nitrogens with one attached hydrogen (secondary N) is 1. The third-order valence-electron chi connectivity index (χ3n) is 5.04. The number of para-hydroxylation sites is 1. The second-order valence-electron chi connectivity index (χ2n) is 7.86. The number of aryl methyl sites for hydroxylation is 1. The van der Waals surface area contributed by atoms with E-state index in [1.54, 1.807) is 32.0 Å². The van der Waals surface area contributed by atoms with E-state index in [9.17, 15) is 19.7 Å². The molecule has 1 unspecified atom stereocenters. The Morgan fingerprint density at radius 3 is 2.41 bits per heavy atom. The van der Waals surface area contributed by atoms with Gasteiger partial charge in [-0.3, -0.25) is 19.7 Å². The summed E-state index contributed by atoms with van der Waals surface area (Å²) in [6.07, 6.45) is 0.188. The fourth-order valence-electron chi connectivity index (χ4n) is 3.58. The van der Waals surface area contributed by atoms with Crippen LogP contribution in [0.4, 0.5) is 5.69 Å². The molecule has 7 nitrogen and oxygen atoms in total. The zero-order valence-electron chi connectivity index (χ0n) is 18.1. The number of carbonyl (C=O) groups excluding carboxylic acids is 2. The summed E-state index contributed by atoms with van der Waals surface area (Å²) in [5.74, 6) is -0.823. The van der Waals surface area contributed by atoms with E-state index in [-0.39, 0.29) is 36.1 Å². The molecule has 0 aromatic heterocycles. The summed E-state index contributed by atoms with van der Waals surface area (Å²) in [5.41, 5.74) is 1.14. The van der Waals surface area contributed by atoms with Crippen LogP contribution in [0.15, 0.2) is 66.7 Å². The van der Waals surface area contributed by atoms with Crippen LogP contribution in [-0.2, 0) is 20.7 Å². The van der Waals surface area contributed by atoms with Gasteiger partial charge in [-0.2, -0.15) is 0 Å². The fraction of sp³-hybridized carbons (Fsp3) is 0.280. The molecule has 0 spiro atoms. The monoisotopic (exact) mass is 434 g/mol. The van der Waals surface area contributed by atoms with Gasteiger partial charge in [0.15, 0.2) is 0 Å². The summed E-state index contributed by atoms with van der Waals surface area (Å²) in [6, 6.07) is 19.3. The Bertz CT molecular complexity index is 1130. The smallest absolute Gasteiger partial charge is 0.308 e. The lowest BCUT2D eigenvalue weighted by Gasteiger charge is -2.19. The van der Waals surface area contributed by atoms with Crippen LogP contribution in [0, 0.1) is 10.1 Å². The lowest BCUT2D eigenvalue weighted by Crippen LogP contribution is -2.31. The number of hydrogen-bond acceptors (Lipinski definition) is 5. The van der Waals surface area contributed by atoms with Crippen LogP contribution in [0.3, 0.4) is 0 Å². The summed E-state index contributed by atoms with van der Waals surface area (Å²) >= 11 is 0. The Balaban J connectivity index is 1.73. The van der Waals surface area contributed by atoms with E-state index in [0.29, 0.717) is 6.42 Å². The van der Waals surface area contributed by atoms with Gasteiger partial charge in [-0.25, -0.2) is 0 Å². The molecule has 1 N–H and O–H groups in total. The number of rotatable bonds is 9. The molecule has 0 fully saturated rings. The van der Waals surface area contributed by atoms with Gasteiger partial charge in [0.25, 0.3) is 5.69 Å². The number of benzene rings is 3. The van der Waals surface area contributed by atoms with Gasteiger partial charge in [-0.15, -0.1) is 0 Å². The van der Waals surface area contributed by atoms with Crippen molar-refractivity contribution in [1.82, 2.24) is 5.32 Å². The first kappa shape index (κ1) is 22.9. The molecule has 7 heteroatoms. The zero-order valence-corrected chi connectivity index (χ0v) is 18.1. The van der Waals surface area contributed by atoms with Crippen molar-refractivity contribution in [2.75, 3.05) is 0 Å². The number of nitro benzene ring substituents is 1. The van der Waals surface area contributed by atoms with Crippen LogP contribution in [0.5, 0.6) is 0 Å². The number of nitro groups is 1. The number of ether oxygens (including phenoxy) is 1. The second-order valence-corrected chi connectivity index (χ2v) is 7.86. The minimum Gasteiger partial charge on any atom is -0.463 e. The summed E-state index contributed by atoms with van der Waals surface area (Å²) in [5, 5.41) is 16.5. The highest BCUT2D eigenvalue weighted by atomic mass is 16.6. The molecule has 3 aromatic carbocycles. The lowest BCUT2D eigenvalue weighted by atomic mass is 10.0. The fourth-order valence-corrected chi connectivity index (χ4v) is 3.58. The molecule has 3 rings (SSSR count). The molecule has 0 saturated heterocycles. The first-order chi connectivity index (χ1) is 15.3. The number of nitrogens with zero attached hydrogens (tertiary/aromatic N) is 1. The van der Waals surface area contributed by atoms with Gasteiger partial charge in [0.05, 0.1) is 29.1 Å². The van der Waals surface area contributed by atoms with E-state index in [0.717, 1.165) is 16.3 Å². The molecule has 3 aromatic rings. The SMILES string of the molecule is CC(C)OC(=O)CC(NC(=O)CCc1ccc2ccccc2c1)c1ccccc1[N+](=O)[O-]. The summed E-state index contributed by atoms with van der Waals surface area (Å²) in [6.45, 7) is 3.44. The van der Waals surface area contributed by atoms with Crippen LogP contribution in [0.25, 0.3) is 10.8 Å². The van der Waals surface area contributed by atoms with Gasteiger partial charge in [-0.1, -0.05) is 60.7 Å². The molecular weight excluding hydrogens is 408 g/mol. The maximum absolute atomic E-state index is 12.7. The van der Waals surface area contributed by atoms with Gasteiger partial charge >= 0.3 is 5.97 Å². The Labute approximate surface area is 186 Å². The van der Waals surface area contributed by atoms with Crippen molar-refractivity contribution in [3.63, 3.8) is 0 Å². The van der Waals surface area contributed by atoms with Crippen LogP contribution >= 0.6 is 0 Å². The normalized spacial score (nSPS) is 11.8. The molecular formula is C25H26N2O5. The van der Waals surface area contributed by atoms with E-state index in [1.807, 2.05) is 42.5 Å². The van der Waals surface area contributed by atoms with Gasteiger partial charge in [0.2, 0.25) is 5.91 Å². The highest BCUT2D eigenvalue weighted by Crippen LogP contribution is 2.28. The minimum absolute atomic E-state index is 0.148. The number of hydrogen-bond donors (Lipinski definition) is 1. The van der Waals surface area contributed by atoms with Crippen molar-refractivity contribution >= 4 is 28.3 Å². The minimum atomic E-state index is -0.855. The highest BCUT2D eigenvalue weighted by molar-refractivity contribution is 5.83. The molecule has 0 heterocycles. The van der Waals surface area contributed by atoms with Crippen LogP contribution in [-0.4, -0.2) is 22.9 Å². The molecule has 166 valence electrons. The Kier molecular flexibility index (Phi) is 7.54. The van der Waals surface area contributed by atoms with E-state index >= 15 is 0 Å². The number of fused-ring (bicyclic) bond motifs is 1. The second kappa shape index (κ2) is 10.5. The largest absolute Gasteiger partial charge is 0.463 e. The number of amides is 1. The average molecular weight is 434 g/mol. The molecule has 32 heavy (non-hydrogen) atoms. The quantitative estimate of drug-likeness (QED) is 0.294. The van der Waals surface area contributed by atoms with Gasteiger partial charge < -0.3 is 10.1 Å². The Hall–Kier alpha value is -3.74. The number of carbonyl (C=O) groups is 2. The van der Waals surface area contributed by atoms with Crippen LogP contribution < -0.4 is 5.32 Å². The van der Waals surface area contributed by atoms with E-state index in [2.05, 4.69) is 5.32 Å². The summed E-state index contributed by atoms with van der Waals surface area (Å²) in [7, 11) is 0. The molecule has 1 atom stereocenters. The topological polar surface area (TPSA) is 98.5 Å². The molecule has 0 aliphatic rings. The van der Waals surface area contributed by atoms with Gasteiger partial charge in [0.1, 0.15) is 0 Å². The first-order valence-corrected chi connectivity index (χ1v) is 10.5. The third kappa shape index (κ3) is 6.14. The lowest BCUT2D eigenvalue weighted by molar-refractivity contribution is -0.385. The number of esters is 1. The summed E-state index contributed by atoms with van der Waals surface area (Å²) in [4.78, 5) is 35.9. The Morgan fingerprint density at radius 2 is 1.69 bits per heavy atom. The first-order valence-electron chi connectivity index (χ1n) is 10.5. The molecule has 1 amide bonds. The molecule has 0 aliphatic carbocycles. The molecule has 0 aliphatic heterocycles. The van der Waals surface area contributed by atoms with Crippen molar-refractivity contribution in [2.45, 2.75) is 45.3 Å². The summed E-state index contributed by atoms with van der Waals surface area (Å²) < 4.78 is 5.19. The van der Waals surface area contributed by atoms with E-state index in [4.69, 9.17) is 4.74 Å². The predicted molar refractivity (Wildman–Crippen MR) is 122 cm³/mol. The van der Waals surface area contributed by atoms with Crippen molar-refractivity contribution in [3.8, 4) is 0 Å². The Morgan fingerprint density at radius 1 is 1.00 bits per heavy atom. The zero-order chi connectivity index (χ0) is 23.1. The van der Waals surface area contributed by atoms with Crippen molar-refractivity contribution in [3.05, 3.63) is 88.0 Å². The molecule has 0 radical (unpaired) electrons. The van der Waals surface area contributed by atoms with Crippen LogP contribution in [0.1, 0.15) is 43.9 Å². The predicted octanol–water partition coefficient (Wildman–Crippen LogP) is 4.88. The molecule has 0 bridgehead atoms. The van der Waals surface area contributed by atoms with Gasteiger partial charge in [0, 0.05) is 12.5 Å². The third-order valence-corrected chi connectivity index (χ3v) is 5.04. The van der Waals surface area contributed by atoms with Crippen molar-refractivity contribution < 1.29 is 19.2 Å².